The van der Waals surface area contributed by atoms with Gasteiger partial charge in [-0.2, -0.15) is 0 Å². The van der Waals surface area contributed by atoms with Gasteiger partial charge in [0.1, 0.15) is 5.78 Å². The molecule has 2 aliphatic rings. The average molecular weight is 293 g/mol. The van der Waals surface area contributed by atoms with Gasteiger partial charge < -0.3 is 0 Å². The first kappa shape index (κ1) is 17.0. The molecule has 1 saturated carbocycles. The molecule has 21 heavy (non-hydrogen) atoms. The highest BCUT2D eigenvalue weighted by molar-refractivity contribution is 5.82. The van der Waals surface area contributed by atoms with E-state index in [0.29, 0.717) is 17.1 Å². The van der Waals surface area contributed by atoms with E-state index in [0.717, 1.165) is 37.8 Å². The molecule has 1 aliphatic carbocycles. The van der Waals surface area contributed by atoms with Crippen molar-refractivity contribution in [3.63, 3.8) is 0 Å². The predicted octanol–water partition coefficient (Wildman–Crippen LogP) is 4.67. The number of carbonyl (C=O) groups is 1. The predicted molar refractivity (Wildman–Crippen MR) is 89.4 cm³/mol. The van der Waals surface area contributed by atoms with Crippen LogP contribution in [0, 0.1) is 17.3 Å². The molecule has 0 aromatic carbocycles. The van der Waals surface area contributed by atoms with E-state index in [1.165, 1.54) is 38.6 Å². The fraction of sp³-hybridized carbons (Fsp3) is 0.947. The average Bonchev–Trinajstić information content (AvgIpc) is 2.42. The van der Waals surface area contributed by atoms with E-state index in [1.807, 2.05) is 0 Å². The van der Waals surface area contributed by atoms with Crippen LogP contribution in [0.5, 0.6) is 0 Å². The lowest BCUT2D eigenvalue weighted by molar-refractivity contribution is -0.127. The standard InChI is InChI=1S/C19H35NO/c1-5-8-17-9-6-7-12-20(17)14-15-13-16(19(2,3)4)10-11-18(15)21/h15-17H,5-14H2,1-4H3. The zero-order valence-corrected chi connectivity index (χ0v) is 14.7. The largest absolute Gasteiger partial charge is 0.300 e. The van der Waals surface area contributed by atoms with E-state index in [4.69, 9.17) is 0 Å². The summed E-state index contributed by atoms with van der Waals surface area (Å²) in [6.07, 6.45) is 9.67. The number of ketones is 1. The van der Waals surface area contributed by atoms with Crippen molar-refractivity contribution in [2.45, 2.75) is 85.1 Å². The zero-order chi connectivity index (χ0) is 15.5. The monoisotopic (exact) mass is 293 g/mol. The lowest BCUT2D eigenvalue weighted by Crippen LogP contribution is -2.45. The molecule has 0 aromatic heterocycles. The van der Waals surface area contributed by atoms with Crippen molar-refractivity contribution >= 4 is 5.78 Å². The van der Waals surface area contributed by atoms with Gasteiger partial charge in [0.25, 0.3) is 0 Å². The molecule has 2 rings (SSSR count). The van der Waals surface area contributed by atoms with Crippen LogP contribution in [-0.4, -0.2) is 29.8 Å². The van der Waals surface area contributed by atoms with E-state index >= 15 is 0 Å². The van der Waals surface area contributed by atoms with Crippen LogP contribution < -0.4 is 0 Å². The van der Waals surface area contributed by atoms with E-state index in [9.17, 15) is 4.79 Å². The first-order valence-electron chi connectivity index (χ1n) is 9.18. The Morgan fingerprint density at radius 2 is 1.95 bits per heavy atom. The van der Waals surface area contributed by atoms with Crippen LogP contribution in [0.2, 0.25) is 0 Å². The number of rotatable bonds is 4. The second-order valence-corrected chi connectivity index (χ2v) is 8.43. The fourth-order valence-electron chi connectivity index (χ4n) is 4.32. The summed E-state index contributed by atoms with van der Waals surface area (Å²) >= 11 is 0. The van der Waals surface area contributed by atoms with E-state index < -0.39 is 0 Å². The molecular weight excluding hydrogens is 258 g/mol. The topological polar surface area (TPSA) is 20.3 Å². The maximum atomic E-state index is 12.4. The summed E-state index contributed by atoms with van der Waals surface area (Å²) in [5.74, 6) is 1.56. The summed E-state index contributed by atoms with van der Waals surface area (Å²) in [6.45, 7) is 11.6. The molecule has 1 aliphatic heterocycles. The number of likely N-dealkylation sites (tertiary alicyclic amines) is 1. The first-order chi connectivity index (χ1) is 9.91. The van der Waals surface area contributed by atoms with Gasteiger partial charge in [-0.3, -0.25) is 9.69 Å². The number of hydrogen-bond acceptors (Lipinski definition) is 2. The van der Waals surface area contributed by atoms with Crippen LogP contribution in [0.25, 0.3) is 0 Å². The fourth-order valence-corrected chi connectivity index (χ4v) is 4.32. The molecule has 0 aromatic rings. The number of hydrogen-bond donors (Lipinski definition) is 0. The van der Waals surface area contributed by atoms with E-state index in [2.05, 4.69) is 32.6 Å². The van der Waals surface area contributed by atoms with Crippen molar-refractivity contribution < 1.29 is 4.79 Å². The van der Waals surface area contributed by atoms with Crippen molar-refractivity contribution in [3.8, 4) is 0 Å². The van der Waals surface area contributed by atoms with Gasteiger partial charge in [0, 0.05) is 24.9 Å². The van der Waals surface area contributed by atoms with Crippen molar-refractivity contribution in [1.29, 1.82) is 0 Å². The van der Waals surface area contributed by atoms with Crippen LogP contribution in [0.3, 0.4) is 0 Å². The van der Waals surface area contributed by atoms with E-state index in [-0.39, 0.29) is 0 Å². The number of Topliss-reactive ketones (excluding diaryl/α,β-unsaturated/α-hetero) is 1. The summed E-state index contributed by atoms with van der Waals surface area (Å²) in [5, 5.41) is 0. The maximum Gasteiger partial charge on any atom is 0.137 e. The number of nitrogens with zero attached hydrogens (tertiary/aromatic N) is 1. The lowest BCUT2D eigenvalue weighted by atomic mass is 9.68. The Morgan fingerprint density at radius 3 is 2.62 bits per heavy atom. The highest BCUT2D eigenvalue weighted by atomic mass is 16.1. The van der Waals surface area contributed by atoms with E-state index in [1.54, 1.807) is 0 Å². The molecule has 0 spiro atoms. The Kier molecular flexibility index (Phi) is 5.88. The Morgan fingerprint density at radius 1 is 1.19 bits per heavy atom. The molecule has 122 valence electrons. The number of carbonyl (C=O) groups excluding carboxylic acids is 1. The lowest BCUT2D eigenvalue weighted by Gasteiger charge is -2.41. The SMILES string of the molecule is CCCC1CCCCN1CC1CC(C(C)(C)C)CCC1=O. The van der Waals surface area contributed by atoms with Gasteiger partial charge in [0.05, 0.1) is 0 Å². The summed E-state index contributed by atoms with van der Waals surface area (Å²) in [6, 6.07) is 0.742. The second-order valence-electron chi connectivity index (χ2n) is 8.43. The minimum absolute atomic E-state index is 0.306. The van der Waals surface area contributed by atoms with Crippen molar-refractivity contribution in [2.75, 3.05) is 13.1 Å². The van der Waals surface area contributed by atoms with Crippen LogP contribution in [0.1, 0.15) is 79.1 Å². The molecule has 2 fully saturated rings. The van der Waals surface area contributed by atoms with Crippen molar-refractivity contribution in [1.82, 2.24) is 4.90 Å². The van der Waals surface area contributed by atoms with Gasteiger partial charge in [-0.25, -0.2) is 0 Å². The van der Waals surface area contributed by atoms with Crippen molar-refractivity contribution in [3.05, 3.63) is 0 Å². The Labute approximate surface area is 131 Å². The quantitative estimate of drug-likeness (QED) is 0.750. The van der Waals surface area contributed by atoms with Gasteiger partial charge in [-0.1, -0.05) is 40.5 Å². The molecule has 1 saturated heterocycles. The summed E-state index contributed by atoms with van der Waals surface area (Å²) in [7, 11) is 0. The van der Waals surface area contributed by atoms with Crippen LogP contribution in [0.15, 0.2) is 0 Å². The second kappa shape index (κ2) is 7.26. The zero-order valence-electron chi connectivity index (χ0n) is 14.7. The summed E-state index contributed by atoms with van der Waals surface area (Å²) in [5.41, 5.74) is 0.351. The smallest absolute Gasteiger partial charge is 0.137 e. The van der Waals surface area contributed by atoms with Gasteiger partial charge in [0.15, 0.2) is 0 Å². The molecule has 0 radical (unpaired) electrons. The van der Waals surface area contributed by atoms with Gasteiger partial charge in [0.2, 0.25) is 0 Å². The van der Waals surface area contributed by atoms with Crippen LogP contribution >= 0.6 is 0 Å². The Hall–Kier alpha value is -0.370. The highest BCUT2D eigenvalue weighted by Gasteiger charge is 2.36. The van der Waals surface area contributed by atoms with Crippen LogP contribution in [-0.2, 0) is 4.79 Å². The Bertz CT molecular complexity index is 342. The van der Waals surface area contributed by atoms with Gasteiger partial charge in [-0.15, -0.1) is 0 Å². The molecule has 3 atom stereocenters. The summed E-state index contributed by atoms with van der Waals surface area (Å²) < 4.78 is 0. The molecule has 0 amide bonds. The summed E-state index contributed by atoms with van der Waals surface area (Å²) in [4.78, 5) is 15.0. The minimum Gasteiger partial charge on any atom is -0.300 e. The molecule has 3 unspecified atom stereocenters. The van der Waals surface area contributed by atoms with Gasteiger partial charge >= 0.3 is 0 Å². The molecule has 0 bridgehead atoms. The molecule has 0 N–H and O–H groups in total. The molecular formula is C19H35NO. The first-order valence-corrected chi connectivity index (χ1v) is 9.18. The minimum atomic E-state index is 0.306. The highest BCUT2D eigenvalue weighted by Crippen LogP contribution is 2.39. The van der Waals surface area contributed by atoms with Crippen LogP contribution in [0.4, 0.5) is 0 Å². The number of piperidine rings is 1. The Balaban J connectivity index is 1.97. The molecule has 2 nitrogen and oxygen atoms in total. The normalized spacial score (nSPS) is 32.4. The van der Waals surface area contributed by atoms with Crippen molar-refractivity contribution in [2.24, 2.45) is 17.3 Å². The third kappa shape index (κ3) is 4.55. The maximum absolute atomic E-state index is 12.4. The third-order valence-corrected chi connectivity index (χ3v) is 5.81. The third-order valence-electron chi connectivity index (χ3n) is 5.81. The molecule has 1 heterocycles. The van der Waals surface area contributed by atoms with Gasteiger partial charge in [-0.05, 0) is 50.0 Å². The molecule has 2 heteroatoms.